The van der Waals surface area contributed by atoms with Crippen LogP contribution in [-0.4, -0.2) is 28.7 Å². The number of methoxy groups -OCH3 is 2. The van der Waals surface area contributed by atoms with Gasteiger partial charge in [-0.2, -0.15) is 0 Å². The minimum absolute atomic E-state index is 0.0577. The van der Waals surface area contributed by atoms with Crippen molar-refractivity contribution >= 4 is 5.69 Å². The predicted octanol–water partition coefficient (Wildman–Crippen LogP) is 0.492. The lowest BCUT2D eigenvalue weighted by atomic mass is 10.1. The fourth-order valence-corrected chi connectivity index (χ4v) is 2.12. The van der Waals surface area contributed by atoms with Crippen LogP contribution in [0.1, 0.15) is 11.1 Å². The number of hydrogen-bond donors (Lipinski definition) is 1. The van der Waals surface area contributed by atoms with E-state index in [0.29, 0.717) is 0 Å². The third-order valence-corrected chi connectivity index (χ3v) is 3.29. The van der Waals surface area contributed by atoms with Gasteiger partial charge in [0.15, 0.2) is 11.5 Å². The van der Waals surface area contributed by atoms with Gasteiger partial charge >= 0.3 is 5.69 Å². The zero-order valence-electron chi connectivity index (χ0n) is 12.9. The molecule has 9 nitrogen and oxygen atoms in total. The van der Waals surface area contributed by atoms with E-state index in [1.54, 1.807) is 0 Å². The SMILES string of the molecule is C#Cc1cn(Cc2cc(OC)c(OC)cc2[N+](=O)[O-])c(=O)[nH]c1=O. The second kappa shape index (κ2) is 6.70. The summed E-state index contributed by atoms with van der Waals surface area (Å²) < 4.78 is 11.2. The van der Waals surface area contributed by atoms with Crippen molar-refractivity contribution in [3.63, 3.8) is 0 Å². The maximum Gasteiger partial charge on any atom is 0.328 e. The second-order valence-corrected chi connectivity index (χ2v) is 4.67. The zero-order chi connectivity index (χ0) is 17.9. The molecule has 0 amide bonds. The second-order valence-electron chi connectivity index (χ2n) is 4.67. The molecule has 0 fully saturated rings. The molecule has 0 aliphatic carbocycles. The molecule has 0 spiro atoms. The number of aromatic amines is 1. The van der Waals surface area contributed by atoms with Crippen LogP contribution in [0.3, 0.4) is 0 Å². The summed E-state index contributed by atoms with van der Waals surface area (Å²) in [6.07, 6.45) is 6.36. The molecule has 1 heterocycles. The van der Waals surface area contributed by atoms with Gasteiger partial charge in [0.2, 0.25) is 0 Å². The molecule has 0 unspecified atom stereocenters. The van der Waals surface area contributed by atoms with Crippen molar-refractivity contribution in [1.29, 1.82) is 0 Å². The first-order valence-corrected chi connectivity index (χ1v) is 6.61. The normalized spacial score (nSPS) is 10.0. The maximum atomic E-state index is 11.9. The van der Waals surface area contributed by atoms with Crippen LogP contribution >= 0.6 is 0 Å². The fraction of sp³-hybridized carbons (Fsp3) is 0.200. The van der Waals surface area contributed by atoms with Crippen LogP contribution in [0.2, 0.25) is 0 Å². The van der Waals surface area contributed by atoms with Crippen molar-refractivity contribution in [2.75, 3.05) is 14.2 Å². The van der Waals surface area contributed by atoms with E-state index in [9.17, 15) is 19.7 Å². The molecule has 1 aromatic heterocycles. The Morgan fingerprint density at radius 1 is 1.29 bits per heavy atom. The van der Waals surface area contributed by atoms with Crippen molar-refractivity contribution in [3.8, 4) is 23.8 Å². The Morgan fingerprint density at radius 2 is 1.92 bits per heavy atom. The highest BCUT2D eigenvalue weighted by molar-refractivity contribution is 5.54. The van der Waals surface area contributed by atoms with Gasteiger partial charge in [0.25, 0.3) is 11.2 Å². The van der Waals surface area contributed by atoms with Gasteiger partial charge in [-0.05, 0) is 6.07 Å². The van der Waals surface area contributed by atoms with E-state index in [0.717, 1.165) is 4.57 Å². The smallest absolute Gasteiger partial charge is 0.328 e. The van der Waals surface area contributed by atoms with E-state index in [2.05, 4.69) is 10.9 Å². The Morgan fingerprint density at radius 3 is 2.46 bits per heavy atom. The van der Waals surface area contributed by atoms with Crippen molar-refractivity contribution in [2.45, 2.75) is 6.54 Å². The minimum atomic E-state index is -0.733. The first-order valence-electron chi connectivity index (χ1n) is 6.61. The highest BCUT2D eigenvalue weighted by Crippen LogP contribution is 2.34. The minimum Gasteiger partial charge on any atom is -0.493 e. The molecule has 0 aliphatic rings. The first-order chi connectivity index (χ1) is 11.4. The van der Waals surface area contributed by atoms with Crippen LogP contribution < -0.4 is 20.7 Å². The monoisotopic (exact) mass is 331 g/mol. The molecule has 2 aromatic rings. The zero-order valence-corrected chi connectivity index (χ0v) is 12.9. The van der Waals surface area contributed by atoms with E-state index in [-0.39, 0.29) is 34.9 Å². The lowest BCUT2D eigenvalue weighted by Gasteiger charge is -2.11. The standard InChI is InChI=1S/C15H13N3O6/c1-4-9-7-17(15(20)16-14(9)19)8-10-5-12(23-2)13(24-3)6-11(10)18(21)22/h1,5-7H,8H2,2-3H3,(H,16,19,20). The van der Waals surface area contributed by atoms with Gasteiger partial charge in [-0.3, -0.25) is 24.5 Å². The van der Waals surface area contributed by atoms with E-state index in [1.807, 2.05) is 0 Å². The van der Waals surface area contributed by atoms with E-state index < -0.39 is 16.2 Å². The van der Waals surface area contributed by atoms with Crippen LogP contribution in [0.25, 0.3) is 0 Å². The topological polar surface area (TPSA) is 116 Å². The highest BCUT2D eigenvalue weighted by atomic mass is 16.6. The number of hydrogen-bond acceptors (Lipinski definition) is 6. The van der Waals surface area contributed by atoms with Crippen molar-refractivity contribution in [2.24, 2.45) is 0 Å². The van der Waals surface area contributed by atoms with Crippen molar-refractivity contribution in [1.82, 2.24) is 9.55 Å². The quantitative estimate of drug-likeness (QED) is 0.484. The molecule has 0 bridgehead atoms. The van der Waals surface area contributed by atoms with Gasteiger partial charge in [0, 0.05) is 6.20 Å². The Bertz CT molecular complexity index is 951. The molecule has 9 heteroatoms. The number of nitro groups is 1. The van der Waals surface area contributed by atoms with Crippen molar-refractivity contribution < 1.29 is 14.4 Å². The molecule has 0 aliphatic heterocycles. The summed E-state index contributed by atoms with van der Waals surface area (Å²) in [4.78, 5) is 36.1. The van der Waals surface area contributed by atoms with Crippen LogP contribution in [0.5, 0.6) is 11.5 Å². The van der Waals surface area contributed by atoms with Gasteiger partial charge in [0.05, 0.1) is 37.3 Å². The molecule has 1 N–H and O–H groups in total. The summed E-state index contributed by atoms with van der Waals surface area (Å²) in [5.41, 5.74) is -1.55. The summed E-state index contributed by atoms with van der Waals surface area (Å²) in [6, 6.07) is 2.59. The lowest BCUT2D eigenvalue weighted by Crippen LogP contribution is -2.31. The molecular weight excluding hydrogens is 318 g/mol. The molecule has 0 atom stereocenters. The lowest BCUT2D eigenvalue weighted by molar-refractivity contribution is -0.385. The third-order valence-electron chi connectivity index (χ3n) is 3.29. The first kappa shape index (κ1) is 16.8. The predicted molar refractivity (Wildman–Crippen MR) is 84.6 cm³/mol. The molecule has 1 aromatic carbocycles. The van der Waals surface area contributed by atoms with E-state index in [4.69, 9.17) is 15.9 Å². The molecule has 24 heavy (non-hydrogen) atoms. The largest absolute Gasteiger partial charge is 0.493 e. The van der Waals surface area contributed by atoms with Crippen molar-refractivity contribution in [3.05, 3.63) is 60.4 Å². The number of rotatable bonds is 5. The summed E-state index contributed by atoms with van der Waals surface area (Å²) in [6.45, 7) is -0.180. The number of benzene rings is 1. The van der Waals surface area contributed by atoms with Gasteiger partial charge < -0.3 is 9.47 Å². The third kappa shape index (κ3) is 3.12. The summed E-state index contributed by atoms with van der Waals surface area (Å²) in [5.74, 6) is 2.60. The Labute approximate surface area is 135 Å². The molecular formula is C15H13N3O6. The molecule has 2 rings (SSSR count). The molecule has 0 radical (unpaired) electrons. The number of nitrogens with zero attached hydrogens (tertiary/aromatic N) is 2. The highest BCUT2D eigenvalue weighted by Gasteiger charge is 2.20. The maximum absolute atomic E-state index is 11.9. The number of nitrogens with one attached hydrogen (secondary N) is 1. The van der Waals surface area contributed by atoms with Gasteiger partial charge in [0.1, 0.15) is 5.56 Å². The molecule has 0 saturated carbocycles. The van der Waals surface area contributed by atoms with Crippen LogP contribution in [-0.2, 0) is 6.54 Å². The number of terminal acetylenes is 1. The number of ether oxygens (including phenoxy) is 2. The van der Waals surface area contributed by atoms with Crippen LogP contribution in [0.15, 0.2) is 27.9 Å². The van der Waals surface area contributed by atoms with Gasteiger partial charge in [-0.15, -0.1) is 6.42 Å². The Hall–Kier alpha value is -3.54. The fourth-order valence-electron chi connectivity index (χ4n) is 2.12. The summed E-state index contributed by atoms with van der Waals surface area (Å²) in [7, 11) is 2.74. The van der Waals surface area contributed by atoms with Gasteiger partial charge in [-0.1, -0.05) is 5.92 Å². The molecule has 124 valence electrons. The summed E-state index contributed by atoms with van der Waals surface area (Å²) in [5, 5.41) is 11.3. The number of H-pyrrole nitrogens is 1. The number of aromatic nitrogens is 2. The Kier molecular flexibility index (Phi) is 4.70. The van der Waals surface area contributed by atoms with E-state index in [1.165, 1.54) is 32.5 Å². The number of nitro benzene ring substituents is 1. The summed E-state index contributed by atoms with van der Waals surface area (Å²) >= 11 is 0. The van der Waals surface area contributed by atoms with Gasteiger partial charge in [-0.25, -0.2) is 4.79 Å². The average molecular weight is 331 g/mol. The molecule has 0 saturated heterocycles. The van der Waals surface area contributed by atoms with E-state index >= 15 is 0 Å². The average Bonchev–Trinajstić information content (AvgIpc) is 2.56. The Balaban J connectivity index is 2.61. The van der Waals surface area contributed by atoms with Crippen LogP contribution in [0.4, 0.5) is 5.69 Å². The van der Waals surface area contributed by atoms with Crippen LogP contribution in [0, 0.1) is 22.5 Å².